The summed E-state index contributed by atoms with van der Waals surface area (Å²) >= 11 is 0. The van der Waals surface area contributed by atoms with Crippen molar-refractivity contribution in [3.63, 3.8) is 0 Å². The number of hydrogen-bond acceptors (Lipinski definition) is 5. The smallest absolute Gasteiger partial charge is 0.243 e. The Labute approximate surface area is 174 Å². The molecule has 2 fully saturated rings. The third-order valence-electron chi connectivity index (χ3n) is 5.67. The van der Waals surface area contributed by atoms with Crippen molar-refractivity contribution < 1.29 is 17.9 Å². The van der Waals surface area contributed by atoms with Crippen LogP contribution in [-0.4, -0.2) is 76.0 Å². The van der Waals surface area contributed by atoms with E-state index in [0.29, 0.717) is 50.0 Å². The molecule has 0 unspecified atom stereocenters. The van der Waals surface area contributed by atoms with E-state index < -0.39 is 10.0 Å². The van der Waals surface area contributed by atoms with Gasteiger partial charge in [-0.2, -0.15) is 4.31 Å². The zero-order chi connectivity index (χ0) is 20.7. The second-order valence-electron chi connectivity index (χ2n) is 7.92. The Morgan fingerprint density at radius 1 is 1.17 bits per heavy atom. The van der Waals surface area contributed by atoms with Gasteiger partial charge in [0, 0.05) is 32.6 Å². The first kappa shape index (κ1) is 22.2. The summed E-state index contributed by atoms with van der Waals surface area (Å²) in [5, 5.41) is 3.06. The molecule has 0 aromatic heterocycles. The van der Waals surface area contributed by atoms with Gasteiger partial charge < -0.3 is 15.0 Å². The van der Waals surface area contributed by atoms with Crippen molar-refractivity contribution in [3.8, 4) is 0 Å². The summed E-state index contributed by atoms with van der Waals surface area (Å²) in [6, 6.07) is 6.89. The molecule has 1 atom stereocenters. The molecule has 1 aromatic carbocycles. The average Bonchev–Trinajstić information content (AvgIpc) is 3.19. The topological polar surface area (TPSA) is 79.0 Å². The maximum atomic E-state index is 12.6. The predicted octanol–water partition coefficient (Wildman–Crippen LogP) is 1.49. The van der Waals surface area contributed by atoms with E-state index in [1.165, 1.54) is 10.7 Å². The van der Waals surface area contributed by atoms with E-state index >= 15 is 0 Å². The first-order valence-corrected chi connectivity index (χ1v) is 12.1. The summed E-state index contributed by atoms with van der Waals surface area (Å²) in [5.41, 5.74) is 0.969. The van der Waals surface area contributed by atoms with Gasteiger partial charge in [0.1, 0.15) is 0 Å². The Morgan fingerprint density at radius 2 is 1.90 bits per heavy atom. The van der Waals surface area contributed by atoms with E-state index in [2.05, 4.69) is 17.1 Å². The summed E-state index contributed by atoms with van der Waals surface area (Å²) in [7, 11) is -3.47. The van der Waals surface area contributed by atoms with E-state index in [4.69, 9.17) is 4.74 Å². The lowest BCUT2D eigenvalue weighted by Crippen LogP contribution is -2.40. The number of ether oxygens (including phenoxy) is 1. The molecular formula is C21H33N3O4S. The lowest BCUT2D eigenvalue weighted by Gasteiger charge is -2.26. The van der Waals surface area contributed by atoms with Crippen molar-refractivity contribution in [1.29, 1.82) is 0 Å². The molecule has 1 amide bonds. The molecule has 0 aliphatic carbocycles. The number of amides is 1. The van der Waals surface area contributed by atoms with E-state index in [1.54, 1.807) is 24.3 Å². The van der Waals surface area contributed by atoms with Crippen molar-refractivity contribution in [2.75, 3.05) is 52.5 Å². The number of benzene rings is 1. The second kappa shape index (κ2) is 10.5. The normalized spacial score (nSPS) is 21.3. The van der Waals surface area contributed by atoms with Crippen LogP contribution >= 0.6 is 0 Å². The van der Waals surface area contributed by atoms with E-state index in [-0.39, 0.29) is 5.91 Å². The average molecular weight is 424 g/mol. The Hall–Kier alpha value is -1.48. The highest BCUT2D eigenvalue weighted by atomic mass is 32.2. The monoisotopic (exact) mass is 423 g/mol. The van der Waals surface area contributed by atoms with Gasteiger partial charge in [-0.1, -0.05) is 19.1 Å². The molecular weight excluding hydrogens is 390 g/mol. The van der Waals surface area contributed by atoms with Crippen LogP contribution in [0.25, 0.3) is 0 Å². The van der Waals surface area contributed by atoms with Crippen LogP contribution in [-0.2, 0) is 26.0 Å². The first-order chi connectivity index (χ1) is 14.0. The molecule has 1 N–H and O–H groups in total. The largest absolute Gasteiger partial charge is 0.379 e. The fraction of sp³-hybridized carbons (Fsp3) is 0.667. The quantitative estimate of drug-likeness (QED) is 0.651. The lowest BCUT2D eigenvalue weighted by atomic mass is 10.1. The molecule has 0 radical (unpaired) electrons. The van der Waals surface area contributed by atoms with Crippen LogP contribution in [0.3, 0.4) is 0 Å². The van der Waals surface area contributed by atoms with Crippen LogP contribution in [0.4, 0.5) is 0 Å². The summed E-state index contributed by atoms with van der Waals surface area (Å²) in [4.78, 5) is 14.9. The number of aryl methyl sites for hydroxylation is 1. The molecule has 162 valence electrons. The maximum Gasteiger partial charge on any atom is 0.243 e. The van der Waals surface area contributed by atoms with Gasteiger partial charge in [0.15, 0.2) is 0 Å². The number of likely N-dealkylation sites (tertiary alicyclic amines) is 1. The zero-order valence-corrected chi connectivity index (χ0v) is 18.1. The molecule has 2 saturated heterocycles. The zero-order valence-electron chi connectivity index (χ0n) is 17.3. The fourth-order valence-corrected chi connectivity index (χ4v) is 5.38. The Balaban J connectivity index is 1.42. The van der Waals surface area contributed by atoms with E-state index in [1.807, 2.05) is 0 Å². The lowest BCUT2D eigenvalue weighted by molar-refractivity contribution is -0.121. The molecule has 2 aliphatic heterocycles. The summed E-state index contributed by atoms with van der Waals surface area (Å²) in [5.74, 6) is 0.610. The number of rotatable bonds is 9. The van der Waals surface area contributed by atoms with Gasteiger partial charge in [-0.25, -0.2) is 8.42 Å². The predicted molar refractivity (Wildman–Crippen MR) is 112 cm³/mol. The summed E-state index contributed by atoms with van der Waals surface area (Å²) in [6.45, 7) is 7.94. The van der Waals surface area contributed by atoms with Gasteiger partial charge in [0.05, 0.1) is 18.1 Å². The maximum absolute atomic E-state index is 12.6. The molecule has 7 nitrogen and oxygen atoms in total. The number of nitrogens with one attached hydrogen (secondary N) is 1. The van der Waals surface area contributed by atoms with Crippen LogP contribution < -0.4 is 5.32 Å². The number of carbonyl (C=O) groups excluding carboxylic acids is 1. The molecule has 2 heterocycles. The van der Waals surface area contributed by atoms with Gasteiger partial charge in [-0.3, -0.25) is 4.79 Å². The van der Waals surface area contributed by atoms with Crippen LogP contribution in [0, 0.1) is 5.92 Å². The van der Waals surface area contributed by atoms with Gasteiger partial charge in [-0.15, -0.1) is 0 Å². The van der Waals surface area contributed by atoms with Crippen molar-refractivity contribution in [1.82, 2.24) is 14.5 Å². The van der Waals surface area contributed by atoms with Crippen LogP contribution in [0.5, 0.6) is 0 Å². The number of morpholine rings is 1. The standard InChI is InChI=1S/C21H33N3O4S/c1-2-10-23-11-9-19(17-23)16-22-21(25)8-5-18-3-6-20(7-4-18)29(26,27)24-12-14-28-15-13-24/h3-4,6-7,19H,2,5,8-17H2,1H3,(H,22,25)/t19-/m0/s1. The van der Waals surface area contributed by atoms with Crippen LogP contribution in [0.1, 0.15) is 31.7 Å². The molecule has 29 heavy (non-hydrogen) atoms. The first-order valence-electron chi connectivity index (χ1n) is 10.6. The van der Waals surface area contributed by atoms with Crippen LogP contribution in [0.2, 0.25) is 0 Å². The van der Waals surface area contributed by atoms with Crippen LogP contribution in [0.15, 0.2) is 29.2 Å². The summed E-state index contributed by atoms with van der Waals surface area (Å²) in [6.07, 6.45) is 3.35. The summed E-state index contributed by atoms with van der Waals surface area (Å²) < 4.78 is 32.0. The minimum Gasteiger partial charge on any atom is -0.379 e. The molecule has 3 rings (SSSR count). The van der Waals surface area contributed by atoms with Crippen molar-refractivity contribution in [2.24, 2.45) is 5.92 Å². The van der Waals surface area contributed by atoms with E-state index in [9.17, 15) is 13.2 Å². The minimum atomic E-state index is -3.47. The van der Waals surface area contributed by atoms with Gasteiger partial charge in [0.25, 0.3) is 0 Å². The molecule has 0 saturated carbocycles. The molecule has 2 aliphatic rings. The van der Waals surface area contributed by atoms with Gasteiger partial charge in [-0.05, 0) is 56.0 Å². The highest BCUT2D eigenvalue weighted by Crippen LogP contribution is 2.18. The highest BCUT2D eigenvalue weighted by molar-refractivity contribution is 7.89. The van der Waals surface area contributed by atoms with Crippen molar-refractivity contribution >= 4 is 15.9 Å². The SMILES string of the molecule is CCCN1CC[C@@H](CNC(=O)CCc2ccc(S(=O)(=O)N3CCOCC3)cc2)C1. The third kappa shape index (κ3) is 6.25. The molecule has 8 heteroatoms. The van der Waals surface area contributed by atoms with Crippen molar-refractivity contribution in [3.05, 3.63) is 29.8 Å². The Bertz CT molecular complexity index is 761. The molecule has 0 bridgehead atoms. The number of hydrogen-bond donors (Lipinski definition) is 1. The fourth-order valence-electron chi connectivity index (χ4n) is 3.97. The Kier molecular flexibility index (Phi) is 8.06. The van der Waals surface area contributed by atoms with E-state index in [0.717, 1.165) is 38.2 Å². The van der Waals surface area contributed by atoms with Crippen molar-refractivity contribution in [2.45, 2.75) is 37.5 Å². The second-order valence-corrected chi connectivity index (χ2v) is 9.86. The van der Waals surface area contributed by atoms with Gasteiger partial charge >= 0.3 is 0 Å². The minimum absolute atomic E-state index is 0.0592. The number of carbonyl (C=O) groups is 1. The number of nitrogens with zero attached hydrogens (tertiary/aromatic N) is 2. The van der Waals surface area contributed by atoms with Gasteiger partial charge in [0.2, 0.25) is 15.9 Å². The Morgan fingerprint density at radius 3 is 2.59 bits per heavy atom. The number of sulfonamides is 1. The molecule has 0 spiro atoms. The molecule has 1 aromatic rings. The third-order valence-corrected chi connectivity index (χ3v) is 7.58. The highest BCUT2D eigenvalue weighted by Gasteiger charge is 2.26.